The molecule has 0 spiro atoms. The van der Waals surface area contributed by atoms with Crippen molar-refractivity contribution in [2.75, 3.05) is 0 Å². The van der Waals surface area contributed by atoms with Gasteiger partial charge in [0.2, 0.25) is 0 Å². The van der Waals surface area contributed by atoms with Crippen LogP contribution in [0.3, 0.4) is 0 Å². The molecule has 0 aromatic heterocycles. The molecule has 0 heterocycles. The van der Waals surface area contributed by atoms with E-state index >= 15 is 0 Å². The maximum absolute atomic E-state index is 5.86. The average Bonchev–Trinajstić information content (AvgIpc) is 2.80. The van der Waals surface area contributed by atoms with Crippen LogP contribution in [0.4, 0.5) is 0 Å². The van der Waals surface area contributed by atoms with Gasteiger partial charge in [-0.25, -0.2) is 0 Å². The number of rotatable bonds is 5. The standard InChI is InChI=1S/C26H28N2S/c29-25(27-24-19-11-4-12-20-24)28-26(21-13-5-1-6-14-21,22-15-7-2-8-16-22)23-17-9-3-10-18-23/h1-3,5-10,13-18,24H,4,11-12,19-20H2,(H2,27,28,29). The minimum absolute atomic E-state index is 0.462. The number of nitrogens with one attached hydrogen (secondary N) is 2. The third kappa shape index (κ3) is 4.35. The first-order chi connectivity index (χ1) is 14.3. The summed E-state index contributed by atoms with van der Waals surface area (Å²) in [5.74, 6) is 0. The second kappa shape index (κ2) is 9.23. The molecule has 0 aliphatic heterocycles. The van der Waals surface area contributed by atoms with Crippen LogP contribution in [0.5, 0.6) is 0 Å². The average molecular weight is 401 g/mol. The lowest BCUT2D eigenvalue weighted by Gasteiger charge is -2.38. The molecule has 2 N–H and O–H groups in total. The number of hydrogen-bond acceptors (Lipinski definition) is 1. The number of hydrogen-bond donors (Lipinski definition) is 2. The van der Waals surface area contributed by atoms with Gasteiger partial charge in [-0.1, -0.05) is 110 Å². The van der Waals surface area contributed by atoms with Crippen LogP contribution < -0.4 is 10.6 Å². The molecule has 1 fully saturated rings. The third-order valence-corrected chi connectivity index (χ3v) is 6.08. The Hall–Kier alpha value is -2.65. The van der Waals surface area contributed by atoms with Gasteiger partial charge in [-0.3, -0.25) is 0 Å². The second-order valence-corrected chi connectivity index (χ2v) is 8.19. The minimum Gasteiger partial charge on any atom is -0.360 e. The zero-order chi connectivity index (χ0) is 19.9. The van der Waals surface area contributed by atoms with E-state index in [1.54, 1.807) is 0 Å². The van der Waals surface area contributed by atoms with E-state index in [9.17, 15) is 0 Å². The van der Waals surface area contributed by atoms with E-state index in [2.05, 4.69) is 102 Å². The Kier molecular flexibility index (Phi) is 6.26. The summed E-state index contributed by atoms with van der Waals surface area (Å²) >= 11 is 5.86. The quantitative estimate of drug-likeness (QED) is 0.420. The van der Waals surface area contributed by atoms with Gasteiger partial charge in [-0.2, -0.15) is 0 Å². The summed E-state index contributed by atoms with van der Waals surface area (Å²) in [4.78, 5) is 0. The summed E-state index contributed by atoms with van der Waals surface area (Å²) in [6.07, 6.45) is 6.27. The van der Waals surface area contributed by atoms with E-state index < -0.39 is 5.54 Å². The number of thiocarbonyl (C=S) groups is 1. The fraction of sp³-hybridized carbons (Fsp3) is 0.269. The first-order valence-electron chi connectivity index (χ1n) is 10.5. The molecule has 3 heteroatoms. The van der Waals surface area contributed by atoms with Crippen molar-refractivity contribution in [2.24, 2.45) is 0 Å². The fourth-order valence-corrected chi connectivity index (χ4v) is 4.74. The van der Waals surface area contributed by atoms with E-state index in [1.165, 1.54) is 48.8 Å². The predicted octanol–water partition coefficient (Wildman–Crippen LogP) is 5.78. The summed E-state index contributed by atoms with van der Waals surface area (Å²) in [5.41, 5.74) is 2.96. The van der Waals surface area contributed by atoms with Crippen LogP contribution in [-0.2, 0) is 5.54 Å². The van der Waals surface area contributed by atoms with Crippen molar-refractivity contribution in [1.29, 1.82) is 0 Å². The SMILES string of the molecule is S=C(NC1CCCCC1)NC(c1ccccc1)(c1ccccc1)c1ccccc1. The molecule has 3 aromatic rings. The molecular weight excluding hydrogens is 372 g/mol. The highest BCUT2D eigenvalue weighted by Crippen LogP contribution is 2.36. The lowest BCUT2D eigenvalue weighted by molar-refractivity contribution is 0.408. The van der Waals surface area contributed by atoms with Crippen molar-refractivity contribution in [3.63, 3.8) is 0 Å². The Labute approximate surface area is 179 Å². The molecule has 0 unspecified atom stereocenters. The zero-order valence-corrected chi connectivity index (χ0v) is 17.5. The third-order valence-electron chi connectivity index (χ3n) is 5.86. The molecule has 0 radical (unpaired) electrons. The lowest BCUT2D eigenvalue weighted by Crippen LogP contribution is -2.53. The van der Waals surface area contributed by atoms with Gasteiger partial charge in [-0.05, 0) is 41.7 Å². The first-order valence-corrected chi connectivity index (χ1v) is 10.9. The molecule has 1 saturated carbocycles. The normalized spacial score (nSPS) is 14.9. The summed E-state index contributed by atoms with van der Waals surface area (Å²) in [7, 11) is 0. The molecule has 2 nitrogen and oxygen atoms in total. The summed E-state index contributed by atoms with van der Waals surface area (Å²) in [6, 6.07) is 32.3. The van der Waals surface area contributed by atoms with Crippen LogP contribution in [0.15, 0.2) is 91.0 Å². The maximum atomic E-state index is 5.86. The molecule has 0 saturated heterocycles. The van der Waals surface area contributed by atoms with Crippen molar-refractivity contribution in [3.05, 3.63) is 108 Å². The first kappa shape index (κ1) is 19.7. The molecule has 4 rings (SSSR count). The molecule has 0 amide bonds. The molecule has 148 valence electrons. The molecule has 3 aromatic carbocycles. The highest BCUT2D eigenvalue weighted by atomic mass is 32.1. The Balaban J connectivity index is 1.78. The van der Waals surface area contributed by atoms with Gasteiger partial charge in [0.15, 0.2) is 5.11 Å². The molecule has 29 heavy (non-hydrogen) atoms. The lowest BCUT2D eigenvalue weighted by atomic mass is 9.77. The van der Waals surface area contributed by atoms with Crippen LogP contribution in [-0.4, -0.2) is 11.2 Å². The highest BCUT2D eigenvalue weighted by Gasteiger charge is 2.37. The van der Waals surface area contributed by atoms with Gasteiger partial charge in [0, 0.05) is 6.04 Å². The predicted molar refractivity (Wildman–Crippen MR) is 125 cm³/mol. The summed E-state index contributed by atoms with van der Waals surface area (Å²) in [5, 5.41) is 8.07. The van der Waals surface area contributed by atoms with E-state index in [4.69, 9.17) is 12.2 Å². The fourth-order valence-electron chi connectivity index (χ4n) is 4.42. The largest absolute Gasteiger partial charge is 0.360 e. The molecular formula is C26H28N2S. The Morgan fingerprint density at radius 1 is 0.655 bits per heavy atom. The van der Waals surface area contributed by atoms with Crippen molar-refractivity contribution < 1.29 is 0 Å². The molecule has 1 aliphatic carbocycles. The van der Waals surface area contributed by atoms with E-state index in [1.807, 2.05) is 0 Å². The van der Waals surface area contributed by atoms with E-state index in [0.717, 1.165) is 0 Å². The van der Waals surface area contributed by atoms with Crippen molar-refractivity contribution in [1.82, 2.24) is 10.6 Å². The Bertz CT molecular complexity index is 807. The van der Waals surface area contributed by atoms with E-state index in [0.29, 0.717) is 11.2 Å². The smallest absolute Gasteiger partial charge is 0.167 e. The van der Waals surface area contributed by atoms with E-state index in [-0.39, 0.29) is 0 Å². The Morgan fingerprint density at radius 3 is 1.48 bits per heavy atom. The van der Waals surface area contributed by atoms with Gasteiger partial charge >= 0.3 is 0 Å². The van der Waals surface area contributed by atoms with Gasteiger partial charge < -0.3 is 10.6 Å². The molecule has 0 atom stereocenters. The van der Waals surface area contributed by atoms with Crippen LogP contribution in [0.1, 0.15) is 48.8 Å². The van der Waals surface area contributed by atoms with Gasteiger partial charge in [0.1, 0.15) is 5.54 Å². The minimum atomic E-state index is -0.553. The van der Waals surface area contributed by atoms with Crippen LogP contribution in [0.25, 0.3) is 0 Å². The van der Waals surface area contributed by atoms with Crippen LogP contribution in [0, 0.1) is 0 Å². The van der Waals surface area contributed by atoms with Gasteiger partial charge in [0.25, 0.3) is 0 Å². The Morgan fingerprint density at radius 2 is 1.07 bits per heavy atom. The van der Waals surface area contributed by atoms with Crippen molar-refractivity contribution in [2.45, 2.75) is 43.7 Å². The van der Waals surface area contributed by atoms with Gasteiger partial charge in [0.05, 0.1) is 0 Å². The zero-order valence-electron chi connectivity index (χ0n) is 16.7. The second-order valence-electron chi connectivity index (χ2n) is 7.78. The molecule has 0 bridgehead atoms. The van der Waals surface area contributed by atoms with Crippen molar-refractivity contribution >= 4 is 17.3 Å². The summed E-state index contributed by atoms with van der Waals surface area (Å²) in [6.45, 7) is 0. The van der Waals surface area contributed by atoms with Gasteiger partial charge in [-0.15, -0.1) is 0 Å². The highest BCUT2D eigenvalue weighted by molar-refractivity contribution is 7.80. The maximum Gasteiger partial charge on any atom is 0.167 e. The van der Waals surface area contributed by atoms with Crippen LogP contribution in [0.2, 0.25) is 0 Å². The molecule has 1 aliphatic rings. The monoisotopic (exact) mass is 400 g/mol. The summed E-state index contributed by atoms with van der Waals surface area (Å²) < 4.78 is 0. The topological polar surface area (TPSA) is 24.1 Å². The number of benzene rings is 3. The van der Waals surface area contributed by atoms with Crippen molar-refractivity contribution in [3.8, 4) is 0 Å². The van der Waals surface area contributed by atoms with Crippen LogP contribution >= 0.6 is 12.2 Å².